The highest BCUT2D eigenvalue weighted by molar-refractivity contribution is 9.10. The highest BCUT2D eigenvalue weighted by Crippen LogP contribution is 2.44. The molecule has 0 aliphatic heterocycles. The van der Waals surface area contributed by atoms with Gasteiger partial charge in [-0.1, -0.05) is 12.1 Å². The number of halogens is 2. The Balaban J connectivity index is 0.000000151. The molecule has 3 heterocycles. The van der Waals surface area contributed by atoms with Gasteiger partial charge in [0.15, 0.2) is 0 Å². The Morgan fingerprint density at radius 1 is 0.804 bits per heavy atom. The summed E-state index contributed by atoms with van der Waals surface area (Å²) in [5.74, 6) is 1.36. The summed E-state index contributed by atoms with van der Waals surface area (Å²) < 4.78 is 22.4. The fourth-order valence-corrected chi connectivity index (χ4v) is 6.66. The van der Waals surface area contributed by atoms with Crippen molar-refractivity contribution in [3.8, 4) is 0 Å². The zero-order valence-corrected chi connectivity index (χ0v) is 30.1. The Morgan fingerprint density at radius 3 is 1.80 bits per heavy atom. The second-order valence-electron chi connectivity index (χ2n) is 11.5. The van der Waals surface area contributed by atoms with E-state index in [1.54, 1.807) is 0 Å². The van der Waals surface area contributed by atoms with Gasteiger partial charge >= 0.3 is 0 Å². The predicted octanol–water partition coefficient (Wildman–Crippen LogP) is 6.86. The van der Waals surface area contributed by atoms with Crippen LogP contribution in [0, 0.1) is 0 Å². The summed E-state index contributed by atoms with van der Waals surface area (Å²) in [6.45, 7) is 1.19. The first-order chi connectivity index (χ1) is 22.3. The fourth-order valence-electron chi connectivity index (χ4n) is 5.38. The molecule has 46 heavy (non-hydrogen) atoms. The van der Waals surface area contributed by atoms with Crippen molar-refractivity contribution in [3.63, 3.8) is 0 Å². The number of nitrogens with zero attached hydrogens (tertiary/aromatic N) is 6. The Hall–Kier alpha value is -3.23. The van der Waals surface area contributed by atoms with Crippen LogP contribution in [-0.2, 0) is 34.3 Å². The smallest absolute Gasteiger partial charge is 0.270 e. The van der Waals surface area contributed by atoms with Crippen molar-refractivity contribution >= 4 is 54.3 Å². The van der Waals surface area contributed by atoms with Gasteiger partial charge in [0.1, 0.15) is 9.21 Å². The van der Waals surface area contributed by atoms with Gasteiger partial charge in [-0.3, -0.25) is 0 Å². The summed E-state index contributed by atoms with van der Waals surface area (Å²) in [5, 5.41) is 3.12. The van der Waals surface area contributed by atoms with Gasteiger partial charge in [0.25, 0.3) is 6.48 Å². The van der Waals surface area contributed by atoms with Gasteiger partial charge in [-0.2, -0.15) is 0 Å². The summed E-state index contributed by atoms with van der Waals surface area (Å²) in [6, 6.07) is 12.6. The van der Waals surface area contributed by atoms with E-state index in [1.165, 1.54) is 75.0 Å². The number of nitrogens with two attached hydrogens (primary N) is 1. The highest BCUT2D eigenvalue weighted by atomic mass is 79.9. The van der Waals surface area contributed by atoms with Crippen LogP contribution in [-0.4, -0.2) is 63.5 Å². The molecule has 2 aliphatic carbocycles. The molecule has 5 aromatic rings. The third kappa shape index (κ3) is 8.37. The number of fused-ring (bicyclic) bond motifs is 1. The molecule has 246 valence electrons. The second-order valence-corrected chi connectivity index (χ2v) is 13.0. The summed E-state index contributed by atoms with van der Waals surface area (Å²) >= 11 is 7.12. The van der Waals surface area contributed by atoms with Crippen LogP contribution in [0.15, 0.2) is 64.6 Å². The van der Waals surface area contributed by atoms with Gasteiger partial charge in [0, 0.05) is 60.4 Å². The number of rotatable bonds is 10. The molecule has 2 fully saturated rings. The first kappa shape index (κ1) is 34.1. The van der Waals surface area contributed by atoms with Crippen LogP contribution in [0.3, 0.4) is 0 Å². The number of imidazole rings is 3. The summed E-state index contributed by atoms with van der Waals surface area (Å²) in [6.07, 6.45) is 10.8. The molecule has 0 saturated heterocycles. The fraction of sp³-hybridized carbons (Fsp3) is 0.424. The third-order valence-corrected chi connectivity index (χ3v) is 9.27. The maximum Gasteiger partial charge on any atom is 0.270 e. The lowest BCUT2D eigenvalue weighted by Gasteiger charge is -2.11. The van der Waals surface area contributed by atoms with Crippen LogP contribution in [0.4, 0.5) is 11.4 Å². The molecule has 0 atom stereocenters. The Kier molecular flexibility index (Phi) is 11.5. The third-order valence-electron chi connectivity index (χ3n) is 8.05. The van der Waals surface area contributed by atoms with Crippen LogP contribution in [0.2, 0.25) is 0 Å². The number of aryl methyl sites for hydroxylation is 1. The van der Waals surface area contributed by atoms with Crippen LogP contribution >= 0.6 is 31.9 Å². The lowest BCUT2D eigenvalue weighted by molar-refractivity contribution is -0.252. The molecule has 2 aromatic carbocycles. The summed E-state index contributed by atoms with van der Waals surface area (Å²) in [4.78, 5) is 13.1. The van der Waals surface area contributed by atoms with E-state index in [-0.39, 0.29) is 0 Å². The molecular formula is C33H42Br2N8O3. The number of anilines is 2. The number of hydrogen-bond acceptors (Lipinski definition) is 8. The summed E-state index contributed by atoms with van der Waals surface area (Å²) in [7, 11) is 8.45. The summed E-state index contributed by atoms with van der Waals surface area (Å²) in [5.41, 5.74) is 15.1. The lowest BCUT2D eigenvalue weighted by atomic mass is 10.1. The average molecular weight is 759 g/mol. The second kappa shape index (κ2) is 15.6. The number of nitrogens with one attached hydrogen (secondary N) is 1. The number of benzene rings is 2. The van der Waals surface area contributed by atoms with Crippen molar-refractivity contribution in [3.05, 3.63) is 87.1 Å². The lowest BCUT2D eigenvalue weighted by Crippen LogP contribution is -2.14. The monoisotopic (exact) mass is 756 g/mol. The average Bonchev–Trinajstić information content (AvgIpc) is 3.99. The van der Waals surface area contributed by atoms with E-state index in [2.05, 4.69) is 110 Å². The van der Waals surface area contributed by atoms with Crippen molar-refractivity contribution in [2.24, 2.45) is 7.05 Å². The topological polar surface area (TPSA) is 119 Å². The van der Waals surface area contributed by atoms with E-state index in [4.69, 9.17) is 5.73 Å². The van der Waals surface area contributed by atoms with Crippen molar-refractivity contribution in [2.45, 2.75) is 57.1 Å². The van der Waals surface area contributed by atoms with Gasteiger partial charge < -0.3 is 39.0 Å². The number of methoxy groups -OCH3 is 3. The standard InChI is InChI=1S/C15H15BrN4.C14H17BrN4.C4H10O3/c1-19-8-17-12-5-2-10(6-13(12)19)7-20-9-18-15(16)14(20)11-3-4-11;1-17-12-6-9(2-5-11(12)16)7-19-8-18-14(15)13(19)10-3-4-10;1-5-4(6-2)7-3/h2,5-6,8-9,11H,3-4,7H2,1H3;2,5-6,8,10,17H,3-4,7,16H2,1H3;4H,1-3H3. The van der Waals surface area contributed by atoms with Gasteiger partial charge in [0.05, 0.1) is 52.8 Å². The molecule has 0 amide bonds. The maximum absolute atomic E-state index is 5.90. The Labute approximate surface area is 286 Å². The van der Waals surface area contributed by atoms with Gasteiger partial charge in [-0.05, 0) is 92.9 Å². The van der Waals surface area contributed by atoms with Crippen molar-refractivity contribution < 1.29 is 14.2 Å². The number of nitrogen functional groups attached to an aromatic ring is 1. The van der Waals surface area contributed by atoms with E-state index in [1.807, 2.05) is 39.1 Å². The minimum Gasteiger partial charge on any atom is -0.397 e. The molecular weight excluding hydrogens is 716 g/mol. The van der Waals surface area contributed by atoms with E-state index in [9.17, 15) is 0 Å². The molecule has 13 heteroatoms. The number of hydrogen-bond donors (Lipinski definition) is 2. The van der Waals surface area contributed by atoms with E-state index in [0.29, 0.717) is 11.8 Å². The zero-order chi connectivity index (χ0) is 32.8. The Bertz CT molecular complexity index is 1730. The predicted molar refractivity (Wildman–Crippen MR) is 188 cm³/mol. The van der Waals surface area contributed by atoms with Crippen LogP contribution in [0.1, 0.15) is 60.0 Å². The van der Waals surface area contributed by atoms with Crippen molar-refractivity contribution in [1.82, 2.24) is 28.7 Å². The molecule has 11 nitrogen and oxygen atoms in total. The van der Waals surface area contributed by atoms with Gasteiger partial charge in [0.2, 0.25) is 0 Å². The first-order valence-electron chi connectivity index (χ1n) is 15.2. The Morgan fingerprint density at radius 2 is 1.33 bits per heavy atom. The van der Waals surface area contributed by atoms with Crippen molar-refractivity contribution in [1.29, 1.82) is 0 Å². The van der Waals surface area contributed by atoms with Crippen LogP contribution in [0.25, 0.3) is 11.0 Å². The minimum atomic E-state index is -0.514. The molecule has 7 rings (SSSR count). The zero-order valence-electron chi connectivity index (χ0n) is 26.9. The molecule has 3 aromatic heterocycles. The molecule has 3 N–H and O–H groups in total. The molecule has 0 unspecified atom stereocenters. The van der Waals surface area contributed by atoms with E-state index >= 15 is 0 Å². The number of aromatic nitrogens is 6. The number of ether oxygens (including phenoxy) is 3. The molecule has 2 aliphatic rings. The highest BCUT2D eigenvalue weighted by Gasteiger charge is 2.30. The minimum absolute atomic E-state index is 0.514. The van der Waals surface area contributed by atoms with Crippen LogP contribution in [0.5, 0.6) is 0 Å². The van der Waals surface area contributed by atoms with Crippen molar-refractivity contribution in [2.75, 3.05) is 39.4 Å². The largest absolute Gasteiger partial charge is 0.397 e. The van der Waals surface area contributed by atoms with E-state index in [0.717, 1.165) is 39.2 Å². The first-order valence-corrected chi connectivity index (χ1v) is 16.8. The van der Waals surface area contributed by atoms with Gasteiger partial charge in [-0.15, -0.1) is 0 Å². The maximum atomic E-state index is 5.90. The molecule has 0 bridgehead atoms. The van der Waals surface area contributed by atoms with E-state index < -0.39 is 6.48 Å². The van der Waals surface area contributed by atoms with Gasteiger partial charge in [-0.25, -0.2) is 15.0 Å². The quantitative estimate of drug-likeness (QED) is 0.117. The van der Waals surface area contributed by atoms with Crippen LogP contribution < -0.4 is 11.1 Å². The molecule has 2 saturated carbocycles. The normalized spacial score (nSPS) is 14.2. The SMILES string of the molecule is CNc1cc(Cn2cnc(Br)c2C2CC2)ccc1N.COC(OC)OC.Cn1cnc2ccc(Cn3cnc(Br)c3C3CC3)cc21. The molecule has 0 spiro atoms. The molecule has 0 radical (unpaired) electrons.